The van der Waals surface area contributed by atoms with Gasteiger partial charge in [0.25, 0.3) is 0 Å². The predicted molar refractivity (Wildman–Crippen MR) is 103 cm³/mol. The molecule has 8 heteroatoms. The Balaban J connectivity index is 0.00000145. The zero-order valence-electron chi connectivity index (χ0n) is 17.2. The summed E-state index contributed by atoms with van der Waals surface area (Å²) in [6.45, 7) is 5.22. The molecule has 0 aromatic heterocycles. The van der Waals surface area contributed by atoms with Gasteiger partial charge in [-0.3, -0.25) is 9.59 Å². The summed E-state index contributed by atoms with van der Waals surface area (Å²) < 4.78 is 43.3. The van der Waals surface area contributed by atoms with E-state index >= 15 is 0 Å². The molecule has 3 rings (SSSR count). The van der Waals surface area contributed by atoms with Crippen LogP contribution in [-0.4, -0.2) is 45.0 Å². The van der Waals surface area contributed by atoms with Crippen LogP contribution in [0.3, 0.4) is 0 Å². The number of hydrogen-bond donors (Lipinski definition) is 0. The molecule has 1 aromatic carbocycles. The van der Waals surface area contributed by atoms with Crippen LogP contribution in [0.2, 0.25) is 0 Å². The molecule has 1 aliphatic carbocycles. The molecule has 0 radical (unpaired) electrons. The van der Waals surface area contributed by atoms with Crippen LogP contribution >= 0.6 is 0 Å². The van der Waals surface area contributed by atoms with Crippen molar-refractivity contribution < 1.29 is 32.6 Å². The van der Waals surface area contributed by atoms with Crippen LogP contribution in [0.25, 0.3) is 0 Å². The first-order valence-electron chi connectivity index (χ1n) is 9.98. The van der Waals surface area contributed by atoms with E-state index in [9.17, 15) is 18.4 Å². The smallest absolute Gasteiger partial charge is 0.308 e. The molecule has 2 atom stereocenters. The first-order chi connectivity index (χ1) is 13.9. The summed E-state index contributed by atoms with van der Waals surface area (Å²) in [5.74, 6) is -2.89. The summed E-state index contributed by atoms with van der Waals surface area (Å²) in [6.07, 6.45) is 2.73. The van der Waals surface area contributed by atoms with Gasteiger partial charge in [0.05, 0.1) is 26.2 Å². The molecule has 1 aliphatic heterocycles. The Morgan fingerprint density at radius 3 is 2.38 bits per heavy atom. The molecule has 6 nitrogen and oxygen atoms in total. The van der Waals surface area contributed by atoms with Gasteiger partial charge in [-0.25, -0.2) is 8.78 Å². The van der Waals surface area contributed by atoms with Gasteiger partial charge in [0.2, 0.25) is 6.41 Å². The van der Waals surface area contributed by atoms with E-state index in [0.717, 1.165) is 18.2 Å². The lowest BCUT2D eigenvalue weighted by atomic mass is 9.76. The van der Waals surface area contributed by atoms with E-state index in [4.69, 9.17) is 14.2 Å². The molecule has 1 spiro atoms. The average Bonchev–Trinajstić information content (AvgIpc) is 3.15. The zero-order valence-corrected chi connectivity index (χ0v) is 17.2. The molecule has 0 N–H and O–H groups in total. The highest BCUT2D eigenvalue weighted by atomic mass is 19.1. The highest BCUT2D eigenvalue weighted by Crippen LogP contribution is 2.43. The maximum atomic E-state index is 13.4. The van der Waals surface area contributed by atoms with E-state index in [1.165, 1.54) is 12.0 Å². The van der Waals surface area contributed by atoms with Gasteiger partial charge in [-0.05, 0) is 30.9 Å². The van der Waals surface area contributed by atoms with Gasteiger partial charge >= 0.3 is 5.97 Å². The monoisotopic (exact) mass is 413 g/mol. The van der Waals surface area contributed by atoms with Gasteiger partial charge in [-0.1, -0.05) is 13.8 Å². The third kappa shape index (κ3) is 5.96. The third-order valence-corrected chi connectivity index (χ3v) is 5.21. The van der Waals surface area contributed by atoms with Crippen molar-refractivity contribution in [2.24, 2.45) is 11.8 Å². The van der Waals surface area contributed by atoms with Gasteiger partial charge in [-0.15, -0.1) is 0 Å². The van der Waals surface area contributed by atoms with Crippen LogP contribution in [0.15, 0.2) is 18.2 Å². The van der Waals surface area contributed by atoms with Crippen molar-refractivity contribution in [3.8, 4) is 0 Å². The van der Waals surface area contributed by atoms with Gasteiger partial charge in [0.1, 0.15) is 11.6 Å². The van der Waals surface area contributed by atoms with E-state index in [1.54, 1.807) is 0 Å². The fraction of sp³-hybridized carbons (Fsp3) is 0.619. The molecular weight excluding hydrogens is 384 g/mol. The number of nitrogens with zero attached hydrogens (tertiary/aromatic N) is 1. The molecular formula is C21H29F2NO5. The normalized spacial score (nSPS) is 22.5. The Morgan fingerprint density at radius 1 is 1.21 bits per heavy atom. The van der Waals surface area contributed by atoms with Crippen LogP contribution in [0.1, 0.15) is 39.5 Å². The largest absolute Gasteiger partial charge is 0.469 e. The number of carbonyl (C=O) groups is 2. The van der Waals surface area contributed by atoms with Crippen molar-refractivity contribution in [2.45, 2.75) is 45.3 Å². The lowest BCUT2D eigenvalue weighted by Crippen LogP contribution is -2.43. The number of methoxy groups -OCH3 is 1. The first kappa shape index (κ1) is 23.2. The van der Waals surface area contributed by atoms with Crippen LogP contribution in [0.5, 0.6) is 0 Å². The molecule has 29 heavy (non-hydrogen) atoms. The van der Waals surface area contributed by atoms with Gasteiger partial charge in [-0.2, -0.15) is 0 Å². The summed E-state index contributed by atoms with van der Waals surface area (Å²) in [7, 11) is 1.35. The van der Waals surface area contributed by atoms with Crippen molar-refractivity contribution in [2.75, 3.05) is 31.8 Å². The Bertz CT molecular complexity index is 673. The quantitative estimate of drug-likeness (QED) is 0.526. The number of halogens is 2. The topological polar surface area (TPSA) is 65.1 Å². The number of rotatable bonds is 6. The second kappa shape index (κ2) is 10.6. The second-order valence-corrected chi connectivity index (χ2v) is 7.05. The van der Waals surface area contributed by atoms with Crippen LogP contribution in [0.4, 0.5) is 14.5 Å². The van der Waals surface area contributed by atoms with E-state index in [-0.39, 0.29) is 30.0 Å². The molecule has 1 heterocycles. The minimum absolute atomic E-state index is 0.0433. The molecule has 0 bridgehead atoms. The summed E-state index contributed by atoms with van der Waals surface area (Å²) in [4.78, 5) is 24.7. The Hall–Kier alpha value is -2.06. The third-order valence-electron chi connectivity index (χ3n) is 5.21. The van der Waals surface area contributed by atoms with Crippen molar-refractivity contribution >= 4 is 18.1 Å². The molecule has 2 aliphatic rings. The van der Waals surface area contributed by atoms with E-state index in [1.807, 2.05) is 13.8 Å². The summed E-state index contributed by atoms with van der Waals surface area (Å²) >= 11 is 0. The molecule has 162 valence electrons. The standard InChI is InChI=1S/C19H23F2NO5.C2H6/c1-25-18(24)14-6-13(10-19(11-14)26-4-5-27-19)2-3-22(12-23)17-8-15(20)7-16(21)9-17;1-2/h7-9,12-14H,2-6,10-11H2,1H3;1-2H3. The Kier molecular flexibility index (Phi) is 8.52. The molecule has 2 fully saturated rings. The molecule has 1 saturated heterocycles. The lowest BCUT2D eigenvalue weighted by Gasteiger charge is -2.40. The molecule has 1 amide bonds. The summed E-state index contributed by atoms with van der Waals surface area (Å²) in [6, 6.07) is 2.98. The fourth-order valence-corrected chi connectivity index (χ4v) is 4.04. The van der Waals surface area contributed by atoms with Gasteiger partial charge < -0.3 is 19.1 Å². The van der Waals surface area contributed by atoms with Gasteiger partial charge in [0, 0.05) is 31.1 Å². The fourth-order valence-electron chi connectivity index (χ4n) is 4.04. The van der Waals surface area contributed by atoms with Crippen molar-refractivity contribution in [1.29, 1.82) is 0 Å². The number of anilines is 1. The number of carbonyl (C=O) groups excluding carboxylic acids is 2. The lowest BCUT2D eigenvalue weighted by molar-refractivity contribution is -0.204. The average molecular weight is 413 g/mol. The number of amides is 1. The Labute approximate surface area is 170 Å². The van der Waals surface area contributed by atoms with Crippen molar-refractivity contribution in [3.63, 3.8) is 0 Å². The predicted octanol–water partition coefficient (Wildman–Crippen LogP) is 3.68. The highest BCUT2D eigenvalue weighted by molar-refractivity contribution is 5.75. The van der Waals surface area contributed by atoms with E-state index in [0.29, 0.717) is 45.3 Å². The SMILES string of the molecule is CC.COC(=O)C1CC(CCN(C=O)c2cc(F)cc(F)c2)CC2(C1)OCCO2. The number of benzene rings is 1. The first-order valence-corrected chi connectivity index (χ1v) is 9.98. The molecule has 1 aromatic rings. The van der Waals surface area contributed by atoms with Crippen molar-refractivity contribution in [3.05, 3.63) is 29.8 Å². The maximum Gasteiger partial charge on any atom is 0.308 e. The molecule has 1 saturated carbocycles. The summed E-state index contributed by atoms with van der Waals surface area (Å²) in [5, 5.41) is 0. The minimum Gasteiger partial charge on any atom is -0.469 e. The number of ether oxygens (including phenoxy) is 3. The summed E-state index contributed by atoms with van der Waals surface area (Å²) in [5.41, 5.74) is 0.158. The maximum absolute atomic E-state index is 13.4. The minimum atomic E-state index is -0.793. The van der Waals surface area contributed by atoms with Crippen LogP contribution in [-0.2, 0) is 23.8 Å². The van der Waals surface area contributed by atoms with Crippen molar-refractivity contribution in [1.82, 2.24) is 0 Å². The Morgan fingerprint density at radius 2 is 1.83 bits per heavy atom. The molecule has 2 unspecified atom stereocenters. The van der Waals surface area contributed by atoms with E-state index < -0.39 is 17.4 Å². The van der Waals surface area contributed by atoms with Gasteiger partial charge in [0.15, 0.2) is 5.79 Å². The van der Waals surface area contributed by atoms with Crippen LogP contribution < -0.4 is 4.90 Å². The number of hydrogen-bond acceptors (Lipinski definition) is 5. The zero-order chi connectivity index (χ0) is 21.4. The van der Waals surface area contributed by atoms with Crippen LogP contribution in [0, 0.1) is 23.5 Å². The second-order valence-electron chi connectivity index (χ2n) is 7.05. The van der Waals surface area contributed by atoms with E-state index in [2.05, 4.69) is 0 Å². The number of esters is 1. The highest BCUT2D eigenvalue weighted by Gasteiger charge is 2.47.